The van der Waals surface area contributed by atoms with E-state index < -0.39 is 6.10 Å². The highest BCUT2D eigenvalue weighted by Gasteiger charge is 2.06. The number of benzene rings is 1. The second kappa shape index (κ2) is 13.1. The molecule has 6 heteroatoms. The van der Waals surface area contributed by atoms with Crippen molar-refractivity contribution in [1.29, 1.82) is 0 Å². The van der Waals surface area contributed by atoms with E-state index in [-0.39, 0.29) is 19.5 Å². The summed E-state index contributed by atoms with van der Waals surface area (Å²) in [5.74, 6) is 0.731. The van der Waals surface area contributed by atoms with Crippen LogP contribution in [0.1, 0.15) is 33.3 Å². The van der Waals surface area contributed by atoms with Gasteiger partial charge in [-0.1, -0.05) is 26.0 Å². The Bertz CT molecular complexity index is 436. The zero-order valence-corrected chi connectivity index (χ0v) is 15.9. The maximum atomic E-state index is 9.82. The van der Waals surface area contributed by atoms with Crippen molar-refractivity contribution in [1.82, 2.24) is 5.32 Å². The van der Waals surface area contributed by atoms with Gasteiger partial charge in [0.15, 0.2) is 0 Å². The molecule has 1 rings (SSSR count). The first-order valence-corrected chi connectivity index (χ1v) is 8.87. The lowest BCUT2D eigenvalue weighted by atomic mass is 10.2. The predicted octanol–water partition coefficient (Wildman–Crippen LogP) is 2.34. The van der Waals surface area contributed by atoms with Gasteiger partial charge < -0.3 is 29.4 Å². The van der Waals surface area contributed by atoms with Crippen molar-refractivity contribution in [2.75, 3.05) is 33.2 Å². The minimum Gasteiger partial charge on any atom is -0.491 e. The van der Waals surface area contributed by atoms with Gasteiger partial charge in [-0.2, -0.15) is 0 Å². The molecule has 0 spiro atoms. The number of aliphatic hydroxyl groups excluding tert-OH is 1. The van der Waals surface area contributed by atoms with Crippen molar-refractivity contribution >= 4 is 0 Å². The fourth-order valence-electron chi connectivity index (χ4n) is 1.93. The summed E-state index contributed by atoms with van der Waals surface area (Å²) in [6.45, 7) is 10.7. The first-order chi connectivity index (χ1) is 12.0. The van der Waals surface area contributed by atoms with Gasteiger partial charge in [0.1, 0.15) is 25.3 Å². The third kappa shape index (κ3) is 11.9. The highest BCUT2D eigenvalue weighted by molar-refractivity contribution is 5.26. The summed E-state index contributed by atoms with van der Waals surface area (Å²) in [4.78, 5) is 0. The van der Waals surface area contributed by atoms with Crippen molar-refractivity contribution in [3.8, 4) is 5.75 Å². The Morgan fingerprint density at radius 3 is 2.36 bits per heavy atom. The van der Waals surface area contributed by atoms with Gasteiger partial charge in [-0.05, 0) is 31.5 Å². The maximum absolute atomic E-state index is 9.82. The smallest absolute Gasteiger partial charge is 0.147 e. The van der Waals surface area contributed by atoms with E-state index in [1.54, 1.807) is 0 Å². The number of ether oxygens (including phenoxy) is 4. The lowest BCUT2D eigenvalue weighted by Crippen LogP contribution is -2.35. The van der Waals surface area contributed by atoms with E-state index in [0.717, 1.165) is 11.3 Å². The molecule has 0 aliphatic rings. The third-order valence-electron chi connectivity index (χ3n) is 3.24. The van der Waals surface area contributed by atoms with Crippen LogP contribution in [0.5, 0.6) is 5.75 Å². The van der Waals surface area contributed by atoms with Gasteiger partial charge in [0.2, 0.25) is 0 Å². The number of nitrogens with one attached hydrogen (secondary N) is 1. The average Bonchev–Trinajstić information content (AvgIpc) is 2.58. The number of hydrogen-bond donors (Lipinski definition) is 2. The van der Waals surface area contributed by atoms with Gasteiger partial charge in [-0.3, -0.25) is 0 Å². The van der Waals surface area contributed by atoms with Crippen LogP contribution in [-0.4, -0.2) is 56.5 Å². The molecule has 1 atom stereocenters. The van der Waals surface area contributed by atoms with Crippen molar-refractivity contribution in [3.05, 3.63) is 29.8 Å². The largest absolute Gasteiger partial charge is 0.491 e. The van der Waals surface area contributed by atoms with Crippen LogP contribution in [0.4, 0.5) is 0 Å². The molecular weight excluding hydrogens is 322 g/mol. The molecule has 0 saturated heterocycles. The zero-order valence-electron chi connectivity index (χ0n) is 15.9. The minimum absolute atomic E-state index is 0.220. The van der Waals surface area contributed by atoms with Crippen LogP contribution >= 0.6 is 0 Å². The van der Waals surface area contributed by atoms with E-state index in [0.29, 0.717) is 32.4 Å². The Balaban J connectivity index is 2.12. The molecule has 2 N–H and O–H groups in total. The molecule has 0 aliphatic carbocycles. The normalized spacial score (nSPS) is 12.8. The summed E-state index contributed by atoms with van der Waals surface area (Å²) in [6, 6.07) is 7.98. The highest BCUT2D eigenvalue weighted by Crippen LogP contribution is 2.13. The highest BCUT2D eigenvalue weighted by atomic mass is 16.7. The number of hydrogen-bond acceptors (Lipinski definition) is 6. The van der Waals surface area contributed by atoms with E-state index >= 15 is 0 Å². The Hall–Kier alpha value is -1.18. The Morgan fingerprint density at radius 1 is 1.00 bits per heavy atom. The van der Waals surface area contributed by atoms with Gasteiger partial charge in [0.25, 0.3) is 0 Å². The van der Waals surface area contributed by atoms with Crippen molar-refractivity contribution < 1.29 is 24.1 Å². The average molecular weight is 355 g/mol. The molecular formula is C19H33NO5. The van der Waals surface area contributed by atoms with Gasteiger partial charge in [-0.15, -0.1) is 0 Å². The summed E-state index contributed by atoms with van der Waals surface area (Å²) in [6.07, 6.45) is -0.305. The van der Waals surface area contributed by atoms with Crippen LogP contribution in [0, 0.1) is 0 Å². The summed E-state index contributed by atoms with van der Waals surface area (Å²) < 4.78 is 21.7. The summed E-state index contributed by atoms with van der Waals surface area (Å²) in [5.41, 5.74) is 1.04. The monoisotopic (exact) mass is 355 g/mol. The molecule has 0 amide bonds. The van der Waals surface area contributed by atoms with Crippen molar-refractivity contribution in [2.24, 2.45) is 0 Å². The number of aliphatic hydroxyl groups is 1. The Morgan fingerprint density at radius 2 is 1.72 bits per heavy atom. The van der Waals surface area contributed by atoms with Crippen LogP contribution in [0.15, 0.2) is 24.3 Å². The predicted molar refractivity (Wildman–Crippen MR) is 97.8 cm³/mol. The molecule has 0 aromatic heterocycles. The standard InChI is InChI=1S/C19H33NO5/c1-15(2)20-11-18(21)13-25-19-7-5-17(6-8-19)12-23-14-22-9-10-24-16(3)4/h5-8,15-16,18,20-21H,9-14H2,1-4H3/t18-/m0/s1. The lowest BCUT2D eigenvalue weighted by molar-refractivity contribution is -0.0806. The molecule has 0 aliphatic heterocycles. The molecule has 0 saturated carbocycles. The van der Waals surface area contributed by atoms with Gasteiger partial charge in [-0.25, -0.2) is 0 Å². The van der Waals surface area contributed by atoms with Crippen LogP contribution in [-0.2, 0) is 20.8 Å². The summed E-state index contributed by atoms with van der Waals surface area (Å²) in [5, 5.41) is 13.0. The van der Waals surface area contributed by atoms with Crippen LogP contribution in [0.3, 0.4) is 0 Å². The first-order valence-electron chi connectivity index (χ1n) is 8.87. The molecule has 0 unspecified atom stereocenters. The Labute approximate surface area is 151 Å². The molecule has 0 heterocycles. The molecule has 1 aromatic rings. The number of rotatable bonds is 14. The molecule has 144 valence electrons. The van der Waals surface area contributed by atoms with Crippen LogP contribution in [0.2, 0.25) is 0 Å². The van der Waals surface area contributed by atoms with Gasteiger partial charge >= 0.3 is 0 Å². The molecule has 6 nitrogen and oxygen atoms in total. The molecule has 0 fully saturated rings. The fraction of sp³-hybridized carbons (Fsp3) is 0.684. The van der Waals surface area contributed by atoms with E-state index in [4.69, 9.17) is 18.9 Å². The molecule has 25 heavy (non-hydrogen) atoms. The third-order valence-corrected chi connectivity index (χ3v) is 3.24. The van der Waals surface area contributed by atoms with Crippen LogP contribution in [0.25, 0.3) is 0 Å². The van der Waals surface area contributed by atoms with Gasteiger partial charge in [0, 0.05) is 12.6 Å². The second-order valence-electron chi connectivity index (χ2n) is 6.47. The lowest BCUT2D eigenvalue weighted by Gasteiger charge is -2.15. The summed E-state index contributed by atoms with van der Waals surface area (Å²) in [7, 11) is 0. The van der Waals surface area contributed by atoms with E-state index in [9.17, 15) is 5.11 Å². The van der Waals surface area contributed by atoms with Crippen molar-refractivity contribution in [3.63, 3.8) is 0 Å². The Kier molecular flexibility index (Phi) is 11.4. The van der Waals surface area contributed by atoms with E-state index in [1.165, 1.54) is 0 Å². The topological polar surface area (TPSA) is 69.2 Å². The zero-order chi connectivity index (χ0) is 18.5. The molecule has 1 aromatic carbocycles. The molecule has 0 bridgehead atoms. The quantitative estimate of drug-likeness (QED) is 0.394. The second-order valence-corrected chi connectivity index (χ2v) is 6.47. The van der Waals surface area contributed by atoms with Crippen LogP contribution < -0.4 is 10.1 Å². The first kappa shape index (κ1) is 21.9. The fourth-order valence-corrected chi connectivity index (χ4v) is 1.93. The van der Waals surface area contributed by atoms with E-state index in [1.807, 2.05) is 52.0 Å². The van der Waals surface area contributed by atoms with Gasteiger partial charge in [0.05, 0.1) is 25.9 Å². The van der Waals surface area contributed by atoms with E-state index in [2.05, 4.69) is 5.32 Å². The minimum atomic E-state index is -0.526. The maximum Gasteiger partial charge on any atom is 0.147 e. The van der Waals surface area contributed by atoms with Crippen molar-refractivity contribution in [2.45, 2.75) is 52.6 Å². The summed E-state index contributed by atoms with van der Waals surface area (Å²) >= 11 is 0. The molecule has 0 radical (unpaired) electrons. The SMILES string of the molecule is CC(C)NC[C@H](O)COc1ccc(COCOCCOC(C)C)cc1.